The Hall–Kier alpha value is -1.71. The fraction of sp³-hybridized carbons (Fsp3) is 0.125. The first-order valence-corrected chi connectivity index (χ1v) is 3.57. The summed E-state index contributed by atoms with van der Waals surface area (Å²) < 4.78 is 1.72. The average molecular weight is 161 g/mol. The smallest absolute Gasteiger partial charge is 0.277 e. The molecule has 0 unspecified atom stereocenters. The van der Waals surface area contributed by atoms with E-state index in [2.05, 4.69) is 9.97 Å². The van der Waals surface area contributed by atoms with Crippen LogP contribution < -0.4 is 5.56 Å². The van der Waals surface area contributed by atoms with E-state index < -0.39 is 0 Å². The largest absolute Gasteiger partial charge is 0.292 e. The topological polar surface area (TPSA) is 47.3 Å². The van der Waals surface area contributed by atoms with Gasteiger partial charge in [-0.2, -0.15) is 4.98 Å². The molecule has 4 heteroatoms. The van der Waals surface area contributed by atoms with Crippen molar-refractivity contribution in [2.45, 2.75) is 6.92 Å². The summed E-state index contributed by atoms with van der Waals surface area (Å²) in [4.78, 5) is 18.8. The van der Waals surface area contributed by atoms with E-state index in [9.17, 15) is 4.79 Å². The van der Waals surface area contributed by atoms with E-state index in [1.807, 2.05) is 6.20 Å². The average Bonchev–Trinajstić information content (AvgIpc) is 2.12. The van der Waals surface area contributed by atoms with Crippen molar-refractivity contribution >= 4 is 5.65 Å². The van der Waals surface area contributed by atoms with E-state index in [-0.39, 0.29) is 5.56 Å². The summed E-state index contributed by atoms with van der Waals surface area (Å²) in [6.07, 6.45) is 4.93. The van der Waals surface area contributed by atoms with E-state index in [0.29, 0.717) is 11.2 Å². The van der Waals surface area contributed by atoms with Gasteiger partial charge in [0.1, 0.15) is 12.0 Å². The second-order valence-corrected chi connectivity index (χ2v) is 2.53. The summed E-state index contributed by atoms with van der Waals surface area (Å²) in [6.45, 7) is 1.72. The second kappa shape index (κ2) is 2.41. The van der Waals surface area contributed by atoms with Crippen LogP contribution in [0, 0.1) is 6.92 Å². The highest BCUT2D eigenvalue weighted by molar-refractivity contribution is 5.43. The molecular weight excluding hydrogens is 154 g/mol. The molecule has 2 aromatic heterocycles. The number of aryl methyl sites for hydroxylation is 1. The third kappa shape index (κ3) is 0.887. The Morgan fingerprint density at radius 2 is 2.25 bits per heavy atom. The molecule has 0 radical (unpaired) electrons. The van der Waals surface area contributed by atoms with Crippen molar-refractivity contribution in [2.75, 3.05) is 0 Å². The maximum Gasteiger partial charge on any atom is 0.277 e. The van der Waals surface area contributed by atoms with E-state index in [4.69, 9.17) is 0 Å². The molecule has 0 bridgehead atoms. The molecule has 0 atom stereocenters. The summed E-state index contributed by atoms with van der Waals surface area (Å²) in [5.41, 5.74) is 1.03. The number of aromatic nitrogens is 3. The molecule has 0 aliphatic heterocycles. The molecule has 0 N–H and O–H groups in total. The lowest BCUT2D eigenvalue weighted by Crippen LogP contribution is -2.12. The molecule has 0 amide bonds. The number of rotatable bonds is 0. The zero-order valence-electron chi connectivity index (χ0n) is 6.56. The van der Waals surface area contributed by atoms with Crippen LogP contribution in [-0.2, 0) is 0 Å². The van der Waals surface area contributed by atoms with Gasteiger partial charge < -0.3 is 0 Å². The van der Waals surface area contributed by atoms with Crippen molar-refractivity contribution in [3.8, 4) is 0 Å². The Bertz CT molecular complexity index is 475. The van der Waals surface area contributed by atoms with Gasteiger partial charge in [0.2, 0.25) is 0 Å². The molecule has 4 nitrogen and oxygen atoms in total. The Kier molecular flexibility index (Phi) is 1.40. The van der Waals surface area contributed by atoms with Gasteiger partial charge in [0, 0.05) is 12.4 Å². The van der Waals surface area contributed by atoms with Crippen LogP contribution in [0.25, 0.3) is 5.65 Å². The summed E-state index contributed by atoms with van der Waals surface area (Å²) in [5.74, 6) is 0. The van der Waals surface area contributed by atoms with Crippen molar-refractivity contribution in [1.29, 1.82) is 0 Å². The van der Waals surface area contributed by atoms with Crippen LogP contribution in [0.2, 0.25) is 0 Å². The third-order valence-corrected chi connectivity index (χ3v) is 1.73. The van der Waals surface area contributed by atoms with Gasteiger partial charge in [-0.05, 0) is 13.0 Å². The predicted octanol–water partition coefficient (Wildman–Crippen LogP) is 0.398. The molecule has 0 saturated heterocycles. The fourth-order valence-electron chi connectivity index (χ4n) is 1.07. The third-order valence-electron chi connectivity index (χ3n) is 1.73. The highest BCUT2D eigenvalue weighted by atomic mass is 16.1. The van der Waals surface area contributed by atoms with Crippen LogP contribution in [0.5, 0.6) is 0 Å². The van der Waals surface area contributed by atoms with E-state index in [0.717, 1.165) is 0 Å². The lowest BCUT2D eigenvalue weighted by atomic mass is 10.3. The normalized spacial score (nSPS) is 10.4. The molecule has 0 aromatic carbocycles. The number of fused-ring (bicyclic) bond motifs is 1. The van der Waals surface area contributed by atoms with Gasteiger partial charge >= 0.3 is 0 Å². The molecule has 2 aromatic rings. The molecule has 0 spiro atoms. The Morgan fingerprint density at radius 3 is 3.08 bits per heavy atom. The Morgan fingerprint density at radius 1 is 1.42 bits per heavy atom. The first-order chi connectivity index (χ1) is 5.79. The molecule has 0 saturated carbocycles. The van der Waals surface area contributed by atoms with Gasteiger partial charge in [-0.15, -0.1) is 0 Å². The monoisotopic (exact) mass is 161 g/mol. The first-order valence-electron chi connectivity index (χ1n) is 3.57. The van der Waals surface area contributed by atoms with E-state index >= 15 is 0 Å². The Labute approximate surface area is 68.5 Å². The van der Waals surface area contributed by atoms with Crippen LogP contribution in [0.4, 0.5) is 0 Å². The molecule has 0 fully saturated rings. The zero-order chi connectivity index (χ0) is 8.55. The number of hydrogen-bond acceptors (Lipinski definition) is 3. The van der Waals surface area contributed by atoms with E-state index in [1.54, 1.807) is 23.6 Å². The lowest BCUT2D eigenvalue weighted by molar-refractivity contribution is 0.989. The highest BCUT2D eigenvalue weighted by Crippen LogP contribution is 1.98. The first kappa shape index (κ1) is 6.97. The van der Waals surface area contributed by atoms with Crippen molar-refractivity contribution in [2.24, 2.45) is 0 Å². The molecule has 0 aliphatic carbocycles. The molecule has 0 aliphatic rings. The minimum absolute atomic E-state index is 0.214. The fourth-order valence-corrected chi connectivity index (χ4v) is 1.07. The molecule has 12 heavy (non-hydrogen) atoms. The maximum atomic E-state index is 11.1. The van der Waals surface area contributed by atoms with Crippen LogP contribution in [0.3, 0.4) is 0 Å². The molecule has 2 heterocycles. The van der Waals surface area contributed by atoms with Gasteiger partial charge in [0.15, 0.2) is 0 Å². The zero-order valence-corrected chi connectivity index (χ0v) is 6.56. The van der Waals surface area contributed by atoms with Crippen molar-refractivity contribution in [3.05, 3.63) is 40.7 Å². The standard InChI is InChI=1S/C8H7N3O/c1-6-7-9-3-2-4-11(7)5-10-8(6)12/h2-5H,1H3. The number of hydrogen-bond donors (Lipinski definition) is 0. The molecule has 60 valence electrons. The van der Waals surface area contributed by atoms with Gasteiger partial charge in [0.25, 0.3) is 5.56 Å². The maximum absolute atomic E-state index is 11.1. The Balaban J connectivity index is 3.01. The quantitative estimate of drug-likeness (QED) is 0.561. The van der Waals surface area contributed by atoms with Crippen LogP contribution >= 0.6 is 0 Å². The summed E-state index contributed by atoms with van der Waals surface area (Å²) >= 11 is 0. The molecular formula is C8H7N3O. The van der Waals surface area contributed by atoms with Gasteiger partial charge in [-0.1, -0.05) is 0 Å². The summed E-state index contributed by atoms with van der Waals surface area (Å²) in [6, 6.07) is 1.79. The second-order valence-electron chi connectivity index (χ2n) is 2.53. The van der Waals surface area contributed by atoms with Crippen molar-refractivity contribution in [1.82, 2.24) is 14.4 Å². The summed E-state index contributed by atoms with van der Waals surface area (Å²) in [5, 5.41) is 0. The van der Waals surface area contributed by atoms with Crippen LogP contribution in [0.15, 0.2) is 29.6 Å². The highest BCUT2D eigenvalue weighted by Gasteiger charge is 1.99. The SMILES string of the molecule is Cc1c(=O)ncn2cccnc12. The lowest BCUT2D eigenvalue weighted by Gasteiger charge is -1.99. The van der Waals surface area contributed by atoms with Crippen LogP contribution in [0.1, 0.15) is 5.56 Å². The number of nitrogens with zero attached hydrogens (tertiary/aromatic N) is 3. The predicted molar refractivity (Wildman–Crippen MR) is 44.0 cm³/mol. The minimum Gasteiger partial charge on any atom is -0.292 e. The van der Waals surface area contributed by atoms with Gasteiger partial charge in [-0.3, -0.25) is 9.20 Å². The van der Waals surface area contributed by atoms with Crippen molar-refractivity contribution < 1.29 is 0 Å². The van der Waals surface area contributed by atoms with Crippen LogP contribution in [-0.4, -0.2) is 14.4 Å². The van der Waals surface area contributed by atoms with Gasteiger partial charge in [0.05, 0.1) is 5.56 Å². The minimum atomic E-state index is -0.214. The molecule has 2 rings (SSSR count). The van der Waals surface area contributed by atoms with Crippen molar-refractivity contribution in [3.63, 3.8) is 0 Å². The van der Waals surface area contributed by atoms with Gasteiger partial charge in [-0.25, -0.2) is 4.98 Å². The summed E-state index contributed by atoms with van der Waals surface area (Å²) in [7, 11) is 0. The van der Waals surface area contributed by atoms with E-state index in [1.165, 1.54) is 6.33 Å².